The average Bonchev–Trinajstić information content (AvgIpc) is 3.01. The molecule has 4 rings (SSSR count). The molecule has 15 heteroatoms. The van der Waals surface area contributed by atoms with E-state index in [0.717, 1.165) is 0 Å². The Morgan fingerprint density at radius 3 is 2.30 bits per heavy atom. The molecule has 2 aromatic heterocycles. The van der Waals surface area contributed by atoms with Crippen LogP contribution in [0.3, 0.4) is 0 Å². The Labute approximate surface area is 245 Å². The normalized spacial score (nSPS) is 11.4. The number of methoxy groups -OCH3 is 1. The Morgan fingerprint density at radius 1 is 0.953 bits per heavy atom. The molecule has 4 aromatic rings. The van der Waals surface area contributed by atoms with Crippen molar-refractivity contribution >= 4 is 58.5 Å². The first-order valence-corrected chi connectivity index (χ1v) is 13.1. The SMILES string of the molecule is COC(=O)[C@H](CCCNC(=O)c1ccc(N)cc1)NC(=O)c1ccc(N(C=O)Cc2cnc3nc(N)nc(N)c3n2)cc1. The third-order valence-electron chi connectivity index (χ3n) is 6.34. The molecule has 43 heavy (non-hydrogen) atoms. The van der Waals surface area contributed by atoms with Gasteiger partial charge in [0.15, 0.2) is 17.0 Å². The number of aromatic nitrogens is 4. The molecule has 0 aliphatic rings. The summed E-state index contributed by atoms with van der Waals surface area (Å²) in [6.07, 6.45) is 2.69. The fourth-order valence-electron chi connectivity index (χ4n) is 4.10. The highest BCUT2D eigenvalue weighted by Crippen LogP contribution is 2.19. The summed E-state index contributed by atoms with van der Waals surface area (Å²) in [5.74, 6) is -1.37. The van der Waals surface area contributed by atoms with Gasteiger partial charge >= 0.3 is 5.97 Å². The van der Waals surface area contributed by atoms with Crippen molar-refractivity contribution in [2.45, 2.75) is 25.4 Å². The lowest BCUT2D eigenvalue weighted by Crippen LogP contribution is -2.42. The van der Waals surface area contributed by atoms with Gasteiger partial charge in [-0.3, -0.25) is 14.4 Å². The van der Waals surface area contributed by atoms with Crippen LogP contribution in [0.4, 0.5) is 23.1 Å². The van der Waals surface area contributed by atoms with Crippen LogP contribution in [0.1, 0.15) is 39.3 Å². The molecule has 0 aliphatic carbocycles. The number of nitrogens with two attached hydrogens (primary N) is 3. The zero-order chi connectivity index (χ0) is 30.9. The van der Waals surface area contributed by atoms with Crippen molar-refractivity contribution in [1.82, 2.24) is 30.6 Å². The maximum absolute atomic E-state index is 12.9. The lowest BCUT2D eigenvalue weighted by molar-refractivity contribution is -0.143. The Hall–Kier alpha value is -5.86. The highest BCUT2D eigenvalue weighted by molar-refractivity contribution is 5.97. The average molecular weight is 587 g/mol. The van der Waals surface area contributed by atoms with Gasteiger partial charge in [0.05, 0.1) is 25.5 Å². The van der Waals surface area contributed by atoms with E-state index in [9.17, 15) is 19.2 Å². The summed E-state index contributed by atoms with van der Waals surface area (Å²) >= 11 is 0. The van der Waals surface area contributed by atoms with E-state index in [4.69, 9.17) is 21.9 Å². The molecule has 0 unspecified atom stereocenters. The first-order valence-electron chi connectivity index (χ1n) is 13.1. The van der Waals surface area contributed by atoms with E-state index in [-0.39, 0.29) is 53.9 Å². The molecule has 8 N–H and O–H groups in total. The topological polar surface area (TPSA) is 234 Å². The van der Waals surface area contributed by atoms with Crippen molar-refractivity contribution in [2.75, 3.05) is 35.8 Å². The molecule has 0 aliphatic heterocycles. The van der Waals surface area contributed by atoms with Crippen molar-refractivity contribution in [2.24, 2.45) is 0 Å². The van der Waals surface area contributed by atoms with Crippen LogP contribution >= 0.6 is 0 Å². The summed E-state index contributed by atoms with van der Waals surface area (Å²) < 4.78 is 4.84. The number of carbonyl (C=O) groups is 4. The largest absolute Gasteiger partial charge is 0.467 e. The Balaban J connectivity index is 1.34. The van der Waals surface area contributed by atoms with Gasteiger partial charge in [0.1, 0.15) is 6.04 Å². The van der Waals surface area contributed by atoms with Gasteiger partial charge in [-0.05, 0) is 61.4 Å². The van der Waals surface area contributed by atoms with Crippen molar-refractivity contribution in [3.63, 3.8) is 0 Å². The Morgan fingerprint density at radius 2 is 1.63 bits per heavy atom. The van der Waals surface area contributed by atoms with E-state index in [1.54, 1.807) is 36.4 Å². The zero-order valence-corrected chi connectivity index (χ0v) is 23.2. The minimum absolute atomic E-state index is 0.0254. The summed E-state index contributed by atoms with van der Waals surface area (Å²) in [4.78, 5) is 67.2. The van der Waals surface area contributed by atoms with Crippen LogP contribution in [0.2, 0.25) is 0 Å². The van der Waals surface area contributed by atoms with Crippen molar-refractivity contribution in [3.8, 4) is 0 Å². The van der Waals surface area contributed by atoms with Crippen LogP contribution in [0.5, 0.6) is 0 Å². The zero-order valence-electron chi connectivity index (χ0n) is 23.2. The van der Waals surface area contributed by atoms with Gasteiger partial charge in [-0.1, -0.05) is 0 Å². The molecule has 3 amide bonds. The van der Waals surface area contributed by atoms with Crippen LogP contribution in [0, 0.1) is 0 Å². The standard InChI is InChI=1S/C28H30N10O5/c1-43-27(42)21(3-2-12-32-25(40)16-4-8-18(29)9-5-16)35-26(41)17-6-10-20(11-7-17)38(15-39)14-19-13-33-24-22(34-19)23(30)36-28(31)37-24/h4-11,13,15,21H,2-3,12,14,29H2,1H3,(H,32,40)(H,35,41)(H4,30,31,33,36,37)/t21-/m0/s1. The quantitative estimate of drug-likeness (QED) is 0.0671. The predicted molar refractivity (Wildman–Crippen MR) is 158 cm³/mol. The molecular weight excluding hydrogens is 556 g/mol. The number of benzene rings is 2. The highest BCUT2D eigenvalue weighted by atomic mass is 16.5. The predicted octanol–water partition coefficient (Wildman–Crippen LogP) is 0.811. The van der Waals surface area contributed by atoms with Crippen molar-refractivity contribution in [3.05, 3.63) is 71.5 Å². The smallest absolute Gasteiger partial charge is 0.328 e. The summed E-state index contributed by atoms with van der Waals surface area (Å²) in [5, 5.41) is 5.43. The van der Waals surface area contributed by atoms with E-state index in [1.807, 2.05) is 0 Å². The van der Waals surface area contributed by atoms with Crippen LogP contribution < -0.4 is 32.7 Å². The number of rotatable bonds is 12. The van der Waals surface area contributed by atoms with Gasteiger partial charge in [0, 0.05) is 29.0 Å². The lowest BCUT2D eigenvalue weighted by atomic mass is 10.1. The number of esters is 1. The fourth-order valence-corrected chi connectivity index (χ4v) is 4.10. The maximum atomic E-state index is 12.9. The number of nitrogens with one attached hydrogen (secondary N) is 2. The third-order valence-corrected chi connectivity index (χ3v) is 6.34. The lowest BCUT2D eigenvalue weighted by Gasteiger charge is -2.19. The van der Waals surface area contributed by atoms with Crippen molar-refractivity contribution in [1.29, 1.82) is 0 Å². The Bertz CT molecular complexity index is 1630. The van der Waals surface area contributed by atoms with Crippen LogP contribution in [-0.4, -0.2) is 63.8 Å². The van der Waals surface area contributed by atoms with E-state index < -0.39 is 17.9 Å². The van der Waals surface area contributed by atoms with Crippen LogP contribution in [-0.2, 0) is 20.9 Å². The van der Waals surface area contributed by atoms with Crippen LogP contribution in [0.25, 0.3) is 11.2 Å². The molecule has 0 spiro atoms. The summed E-state index contributed by atoms with van der Waals surface area (Å²) in [5.41, 5.74) is 19.8. The molecule has 0 saturated heterocycles. The van der Waals surface area contributed by atoms with Gasteiger partial charge in [-0.2, -0.15) is 9.97 Å². The number of hydrogen-bond acceptors (Lipinski definition) is 12. The van der Waals surface area contributed by atoms with E-state index in [2.05, 4.69) is 30.6 Å². The number of fused-ring (bicyclic) bond motifs is 1. The minimum atomic E-state index is -0.935. The first-order chi connectivity index (χ1) is 20.7. The maximum Gasteiger partial charge on any atom is 0.328 e. The number of ether oxygens (including phenoxy) is 1. The van der Waals surface area contributed by atoms with Crippen molar-refractivity contribution < 1.29 is 23.9 Å². The van der Waals surface area contributed by atoms with E-state index in [0.29, 0.717) is 35.5 Å². The molecule has 0 bridgehead atoms. The summed E-state index contributed by atoms with van der Waals surface area (Å²) in [7, 11) is 1.23. The number of nitrogens with zero attached hydrogens (tertiary/aromatic N) is 5. The van der Waals surface area contributed by atoms with E-state index in [1.165, 1.54) is 30.3 Å². The Kier molecular flexibility index (Phi) is 9.57. The number of anilines is 4. The molecule has 222 valence electrons. The second kappa shape index (κ2) is 13.7. The van der Waals surface area contributed by atoms with Gasteiger partial charge in [0.25, 0.3) is 11.8 Å². The fraction of sp³-hybridized carbons (Fsp3) is 0.214. The molecule has 2 heterocycles. The second-order valence-electron chi connectivity index (χ2n) is 9.35. The number of carbonyl (C=O) groups excluding carboxylic acids is 4. The molecule has 0 radical (unpaired) electrons. The molecule has 0 fully saturated rings. The van der Waals surface area contributed by atoms with Gasteiger partial charge in [-0.25, -0.2) is 14.8 Å². The molecule has 0 saturated carbocycles. The highest BCUT2D eigenvalue weighted by Gasteiger charge is 2.22. The molecule has 15 nitrogen and oxygen atoms in total. The van der Waals surface area contributed by atoms with E-state index >= 15 is 0 Å². The second-order valence-corrected chi connectivity index (χ2v) is 9.35. The first kappa shape index (κ1) is 30.1. The number of amides is 3. The molecule has 1 atom stereocenters. The number of nitrogen functional groups attached to an aromatic ring is 3. The van der Waals surface area contributed by atoms with Gasteiger partial charge in [0.2, 0.25) is 12.4 Å². The van der Waals surface area contributed by atoms with Gasteiger partial charge < -0.3 is 37.5 Å². The summed E-state index contributed by atoms with van der Waals surface area (Å²) in [6.45, 7) is 0.332. The van der Waals surface area contributed by atoms with Gasteiger partial charge in [-0.15, -0.1) is 0 Å². The molecular formula is C28H30N10O5. The minimum Gasteiger partial charge on any atom is -0.467 e. The third kappa shape index (κ3) is 7.66. The van der Waals surface area contributed by atoms with Crippen LogP contribution in [0.15, 0.2) is 54.7 Å². The monoisotopic (exact) mass is 586 g/mol. The summed E-state index contributed by atoms with van der Waals surface area (Å²) in [6, 6.07) is 11.7. The molecule has 2 aromatic carbocycles. The number of hydrogen-bond donors (Lipinski definition) is 5.